The highest BCUT2D eigenvalue weighted by Crippen LogP contribution is 2.54. The highest BCUT2D eigenvalue weighted by Gasteiger charge is 2.66. The first-order valence-corrected chi connectivity index (χ1v) is 8.70. The molecule has 1 N–H and O–H groups in total. The summed E-state index contributed by atoms with van der Waals surface area (Å²) in [5.74, 6) is -0.153. The molecule has 0 aromatic carbocycles. The summed E-state index contributed by atoms with van der Waals surface area (Å²) in [5.41, 5.74) is -2.69. The summed E-state index contributed by atoms with van der Waals surface area (Å²) < 4.78 is 18.7. The Kier molecular flexibility index (Phi) is 4.06. The maximum Gasteiger partial charge on any atom is 0.410 e. The zero-order valence-corrected chi connectivity index (χ0v) is 14.7. The summed E-state index contributed by atoms with van der Waals surface area (Å²) in [5, 5.41) is 11.0. The lowest BCUT2D eigenvalue weighted by Crippen LogP contribution is -2.75. The van der Waals surface area contributed by atoms with Gasteiger partial charge in [0.1, 0.15) is 17.4 Å². The van der Waals surface area contributed by atoms with Crippen molar-refractivity contribution in [1.29, 1.82) is 0 Å². The van der Waals surface area contributed by atoms with E-state index in [0.717, 1.165) is 6.42 Å². The van der Waals surface area contributed by atoms with Crippen LogP contribution in [-0.4, -0.2) is 70.5 Å². The van der Waals surface area contributed by atoms with Crippen LogP contribution in [0, 0.1) is 5.41 Å². The number of amides is 2. The molecule has 1 aliphatic carbocycles. The van der Waals surface area contributed by atoms with E-state index in [9.17, 15) is 19.1 Å². The topological polar surface area (TPSA) is 70.1 Å². The van der Waals surface area contributed by atoms with Crippen molar-refractivity contribution in [2.75, 3.05) is 26.2 Å². The van der Waals surface area contributed by atoms with Crippen LogP contribution in [0.4, 0.5) is 9.18 Å². The van der Waals surface area contributed by atoms with E-state index in [2.05, 4.69) is 0 Å². The Morgan fingerprint density at radius 1 is 1.21 bits per heavy atom. The minimum atomic E-state index is -1.23. The number of halogens is 1. The molecule has 0 aromatic rings. The van der Waals surface area contributed by atoms with Crippen molar-refractivity contribution in [1.82, 2.24) is 9.80 Å². The molecule has 3 aliphatic rings. The Morgan fingerprint density at radius 2 is 1.83 bits per heavy atom. The lowest BCUT2D eigenvalue weighted by Gasteiger charge is -2.60. The zero-order chi connectivity index (χ0) is 17.8. The number of hydrogen-bond donors (Lipinski definition) is 1. The fourth-order valence-electron chi connectivity index (χ4n) is 3.96. The number of likely N-dealkylation sites (tertiary alicyclic amines) is 2. The van der Waals surface area contributed by atoms with Gasteiger partial charge in [-0.05, 0) is 40.0 Å². The molecular weight excluding hydrogens is 315 g/mol. The van der Waals surface area contributed by atoms with Gasteiger partial charge in [0.05, 0.1) is 25.0 Å². The number of alkyl halides is 1. The van der Waals surface area contributed by atoms with Crippen LogP contribution < -0.4 is 0 Å². The minimum Gasteiger partial charge on any atom is -0.444 e. The number of ether oxygens (including phenoxy) is 1. The molecule has 7 heteroatoms. The van der Waals surface area contributed by atoms with Gasteiger partial charge in [-0.1, -0.05) is 6.42 Å². The zero-order valence-electron chi connectivity index (χ0n) is 14.7. The second-order valence-electron chi connectivity index (χ2n) is 8.44. The molecule has 2 heterocycles. The van der Waals surface area contributed by atoms with E-state index in [-0.39, 0.29) is 25.5 Å². The van der Waals surface area contributed by atoms with Crippen LogP contribution in [0.2, 0.25) is 0 Å². The second kappa shape index (κ2) is 5.58. The van der Waals surface area contributed by atoms with Gasteiger partial charge in [-0.25, -0.2) is 9.18 Å². The molecule has 2 saturated heterocycles. The van der Waals surface area contributed by atoms with E-state index < -0.39 is 28.9 Å². The first-order valence-electron chi connectivity index (χ1n) is 8.70. The fraction of sp³-hybridized carbons (Fsp3) is 0.882. The minimum absolute atomic E-state index is 0.0978. The predicted molar refractivity (Wildman–Crippen MR) is 85.1 cm³/mol. The quantitative estimate of drug-likeness (QED) is 0.829. The predicted octanol–water partition coefficient (Wildman–Crippen LogP) is 1.71. The third kappa shape index (κ3) is 2.76. The summed E-state index contributed by atoms with van der Waals surface area (Å²) in [7, 11) is 0. The first kappa shape index (κ1) is 17.5. The molecule has 3 rings (SSSR count). The number of hydrogen-bond acceptors (Lipinski definition) is 4. The van der Waals surface area contributed by atoms with Gasteiger partial charge in [-0.2, -0.15) is 0 Å². The molecule has 2 amide bonds. The van der Waals surface area contributed by atoms with Crippen LogP contribution >= 0.6 is 0 Å². The van der Waals surface area contributed by atoms with Crippen LogP contribution in [0.1, 0.15) is 46.5 Å². The lowest BCUT2D eigenvalue weighted by molar-refractivity contribution is -0.210. The van der Waals surface area contributed by atoms with Gasteiger partial charge in [-0.3, -0.25) is 4.79 Å². The third-order valence-corrected chi connectivity index (χ3v) is 5.48. The molecule has 136 valence electrons. The monoisotopic (exact) mass is 342 g/mol. The van der Waals surface area contributed by atoms with Gasteiger partial charge >= 0.3 is 6.09 Å². The summed E-state index contributed by atoms with van der Waals surface area (Å²) in [6.45, 7) is 6.08. The van der Waals surface area contributed by atoms with Gasteiger partial charge in [0, 0.05) is 6.54 Å². The van der Waals surface area contributed by atoms with Crippen molar-refractivity contribution in [2.24, 2.45) is 5.41 Å². The second-order valence-corrected chi connectivity index (χ2v) is 8.44. The Bertz CT molecular complexity index is 535. The van der Waals surface area contributed by atoms with Crippen LogP contribution in [0.15, 0.2) is 0 Å². The Morgan fingerprint density at radius 3 is 2.25 bits per heavy atom. The number of β-amino-alcohol motifs (C(OH)–C–C–N with tert-alkyl or cyclic N) is 1. The van der Waals surface area contributed by atoms with Gasteiger partial charge in [0.2, 0.25) is 5.91 Å². The molecule has 24 heavy (non-hydrogen) atoms. The van der Waals surface area contributed by atoms with E-state index >= 15 is 0 Å². The summed E-state index contributed by atoms with van der Waals surface area (Å²) >= 11 is 0. The maximum absolute atomic E-state index is 13.4. The third-order valence-electron chi connectivity index (χ3n) is 5.48. The molecule has 6 nitrogen and oxygen atoms in total. The lowest BCUT2D eigenvalue weighted by atomic mass is 9.55. The van der Waals surface area contributed by atoms with Crippen molar-refractivity contribution in [2.45, 2.75) is 63.8 Å². The summed E-state index contributed by atoms with van der Waals surface area (Å²) in [4.78, 5) is 28.0. The Balaban J connectivity index is 1.66. The molecular formula is C17H27FN2O4. The molecule has 0 radical (unpaired) electrons. The number of rotatable bonds is 2. The molecule has 1 saturated carbocycles. The Hall–Kier alpha value is -1.37. The van der Waals surface area contributed by atoms with Crippen LogP contribution in [0.3, 0.4) is 0 Å². The molecule has 3 fully saturated rings. The van der Waals surface area contributed by atoms with E-state index in [1.54, 1.807) is 20.8 Å². The van der Waals surface area contributed by atoms with Crippen LogP contribution in [-0.2, 0) is 9.53 Å². The molecule has 2 aliphatic heterocycles. The maximum atomic E-state index is 13.4. The van der Waals surface area contributed by atoms with Crippen molar-refractivity contribution >= 4 is 12.0 Å². The van der Waals surface area contributed by atoms with Gasteiger partial charge < -0.3 is 19.6 Å². The van der Waals surface area contributed by atoms with Crippen molar-refractivity contribution in [3.63, 3.8) is 0 Å². The average molecular weight is 342 g/mol. The Labute approximate surface area is 141 Å². The normalized spacial score (nSPS) is 28.1. The number of aliphatic hydroxyl groups is 1. The summed E-state index contributed by atoms with van der Waals surface area (Å²) in [6.07, 6.45) is 0.979. The average Bonchev–Trinajstić information content (AvgIpc) is 2.78. The van der Waals surface area contributed by atoms with Gasteiger partial charge in [0.25, 0.3) is 0 Å². The van der Waals surface area contributed by atoms with E-state index in [1.807, 2.05) is 0 Å². The van der Waals surface area contributed by atoms with Crippen LogP contribution in [0.5, 0.6) is 0 Å². The number of carbonyl (C=O) groups is 2. The highest BCUT2D eigenvalue weighted by atomic mass is 19.1. The number of nitrogens with zero attached hydrogens (tertiary/aromatic N) is 2. The number of carbonyl (C=O) groups excluding carboxylic acids is 2. The smallest absolute Gasteiger partial charge is 0.410 e. The first-order chi connectivity index (χ1) is 11.1. The van der Waals surface area contributed by atoms with Crippen LogP contribution in [0.25, 0.3) is 0 Å². The summed E-state index contributed by atoms with van der Waals surface area (Å²) in [6, 6.07) is 0. The van der Waals surface area contributed by atoms with Crippen molar-refractivity contribution in [3.8, 4) is 0 Å². The van der Waals surface area contributed by atoms with E-state index in [0.29, 0.717) is 25.8 Å². The molecule has 0 bridgehead atoms. The standard InChI is InChI=1S/C17H27FN2O4/c1-15(2,3)24-14(22)20-10-17(23,11-20)16(6-4-7-16)13(21)19-8-5-12(18)9-19/h12,23H,4-11H2,1-3H3/t12-/m0/s1. The largest absolute Gasteiger partial charge is 0.444 e. The van der Waals surface area contributed by atoms with Gasteiger partial charge in [-0.15, -0.1) is 0 Å². The SMILES string of the molecule is CC(C)(C)OC(=O)N1CC(O)(C2(C(=O)N3CC[C@H](F)C3)CCC2)C1. The molecule has 1 atom stereocenters. The van der Waals surface area contributed by atoms with Crippen molar-refractivity contribution < 1.29 is 23.8 Å². The van der Waals surface area contributed by atoms with Crippen molar-refractivity contribution in [3.05, 3.63) is 0 Å². The highest BCUT2D eigenvalue weighted by molar-refractivity contribution is 5.86. The van der Waals surface area contributed by atoms with E-state index in [1.165, 1.54) is 9.80 Å². The van der Waals surface area contributed by atoms with Gasteiger partial charge in [0.15, 0.2) is 0 Å². The van der Waals surface area contributed by atoms with E-state index in [4.69, 9.17) is 4.74 Å². The molecule has 0 spiro atoms. The molecule has 0 aromatic heterocycles. The molecule has 0 unspecified atom stereocenters. The fourth-order valence-corrected chi connectivity index (χ4v) is 3.96.